The molecule has 8 heteroatoms. The minimum Gasteiger partial charge on any atom is -0.482 e. The summed E-state index contributed by atoms with van der Waals surface area (Å²) in [5.41, 5.74) is 2.18. The first-order chi connectivity index (χ1) is 13.1. The first-order valence-electron chi connectivity index (χ1n) is 9.50. The summed E-state index contributed by atoms with van der Waals surface area (Å²) in [5, 5.41) is 0. The minimum absolute atomic E-state index is 0.0348. The number of rotatable bonds is 8. The van der Waals surface area contributed by atoms with Crippen LogP contribution in [0.15, 0.2) is 18.2 Å². The van der Waals surface area contributed by atoms with Crippen molar-refractivity contribution in [3.8, 4) is 5.75 Å². The third-order valence-electron chi connectivity index (χ3n) is 5.15. The first kappa shape index (κ1) is 22.2. The Kier molecular flexibility index (Phi) is 7.46. The lowest BCUT2D eigenvalue weighted by atomic mass is 10.1. The lowest BCUT2D eigenvalue weighted by Crippen LogP contribution is -2.48. The summed E-state index contributed by atoms with van der Waals surface area (Å²) < 4.78 is 34.0. The van der Waals surface area contributed by atoms with Crippen LogP contribution in [0.4, 0.5) is 0 Å². The Morgan fingerprint density at radius 1 is 1.21 bits per heavy atom. The van der Waals surface area contributed by atoms with Crippen LogP contribution in [-0.4, -0.2) is 62.0 Å². The van der Waals surface area contributed by atoms with E-state index in [1.54, 1.807) is 11.0 Å². The van der Waals surface area contributed by atoms with Crippen molar-refractivity contribution in [3.05, 3.63) is 29.3 Å². The number of hydrogen-bond donors (Lipinski definition) is 0. The molecule has 1 aliphatic rings. The maximum atomic E-state index is 12.6. The molecule has 28 heavy (non-hydrogen) atoms. The molecule has 0 N–H and O–H groups in total. The molecule has 156 valence electrons. The van der Waals surface area contributed by atoms with E-state index in [1.807, 2.05) is 39.8 Å². The van der Waals surface area contributed by atoms with Crippen molar-refractivity contribution in [3.63, 3.8) is 0 Å². The fourth-order valence-electron chi connectivity index (χ4n) is 3.21. The van der Waals surface area contributed by atoms with Crippen molar-refractivity contribution < 1.29 is 27.5 Å². The Morgan fingerprint density at radius 2 is 1.93 bits per heavy atom. The molecule has 1 aromatic rings. The van der Waals surface area contributed by atoms with Crippen LogP contribution in [-0.2, 0) is 24.2 Å². The summed E-state index contributed by atoms with van der Waals surface area (Å²) in [6.45, 7) is 7.02. The van der Waals surface area contributed by atoms with E-state index >= 15 is 0 Å². The van der Waals surface area contributed by atoms with E-state index in [0.717, 1.165) is 11.1 Å². The van der Waals surface area contributed by atoms with Crippen LogP contribution >= 0.6 is 0 Å². The van der Waals surface area contributed by atoms with Crippen LogP contribution in [0.3, 0.4) is 0 Å². The maximum absolute atomic E-state index is 12.6. The normalized spacial score (nSPS) is 19.1. The molecule has 2 rings (SSSR count). The van der Waals surface area contributed by atoms with Gasteiger partial charge in [-0.3, -0.25) is 4.79 Å². The number of ether oxygens (including phenoxy) is 2. The SMILES string of the molecule is CC[C@@H](C)N(C(=O)COC(=O)COc1ccc(C)c(C)c1)[C@@H]1CCS(=O)(=O)C1. The van der Waals surface area contributed by atoms with Gasteiger partial charge < -0.3 is 14.4 Å². The number of carbonyl (C=O) groups excluding carboxylic acids is 2. The van der Waals surface area contributed by atoms with Gasteiger partial charge in [-0.05, 0) is 56.9 Å². The predicted molar refractivity (Wildman–Crippen MR) is 106 cm³/mol. The molecule has 0 saturated carbocycles. The Bertz CT molecular complexity index is 820. The summed E-state index contributed by atoms with van der Waals surface area (Å²) in [5.74, 6) is -0.413. The van der Waals surface area contributed by atoms with Crippen molar-refractivity contribution in [2.75, 3.05) is 24.7 Å². The maximum Gasteiger partial charge on any atom is 0.344 e. The van der Waals surface area contributed by atoms with Gasteiger partial charge >= 0.3 is 5.97 Å². The van der Waals surface area contributed by atoms with Gasteiger partial charge in [0.05, 0.1) is 11.5 Å². The van der Waals surface area contributed by atoms with Gasteiger partial charge in [-0.2, -0.15) is 0 Å². The van der Waals surface area contributed by atoms with Crippen molar-refractivity contribution >= 4 is 21.7 Å². The number of esters is 1. The second-order valence-electron chi connectivity index (χ2n) is 7.31. The zero-order valence-corrected chi connectivity index (χ0v) is 17.8. The Balaban J connectivity index is 1.88. The third-order valence-corrected chi connectivity index (χ3v) is 6.90. The molecule has 1 saturated heterocycles. The molecule has 1 amide bonds. The van der Waals surface area contributed by atoms with Gasteiger partial charge in [0.1, 0.15) is 5.75 Å². The zero-order chi connectivity index (χ0) is 20.9. The van der Waals surface area contributed by atoms with Crippen molar-refractivity contribution in [1.82, 2.24) is 4.90 Å². The fraction of sp³-hybridized carbons (Fsp3) is 0.600. The van der Waals surface area contributed by atoms with E-state index < -0.39 is 22.4 Å². The molecule has 0 aliphatic carbocycles. The molecule has 1 aromatic carbocycles. The van der Waals surface area contributed by atoms with Gasteiger partial charge in [0.25, 0.3) is 5.91 Å². The van der Waals surface area contributed by atoms with E-state index in [-0.39, 0.29) is 36.1 Å². The van der Waals surface area contributed by atoms with Crippen molar-refractivity contribution in [2.24, 2.45) is 0 Å². The van der Waals surface area contributed by atoms with Crippen LogP contribution in [0.2, 0.25) is 0 Å². The molecule has 1 fully saturated rings. The Hall–Kier alpha value is -2.09. The summed E-state index contributed by atoms with van der Waals surface area (Å²) in [7, 11) is -3.11. The van der Waals surface area contributed by atoms with Crippen LogP contribution < -0.4 is 4.74 Å². The van der Waals surface area contributed by atoms with E-state index in [9.17, 15) is 18.0 Å². The van der Waals surface area contributed by atoms with Crippen LogP contribution in [0.25, 0.3) is 0 Å². The molecule has 0 radical (unpaired) electrons. The van der Waals surface area contributed by atoms with E-state index in [1.165, 1.54) is 0 Å². The summed E-state index contributed by atoms with van der Waals surface area (Å²) in [6.07, 6.45) is 1.11. The minimum atomic E-state index is -3.11. The van der Waals surface area contributed by atoms with Gasteiger partial charge in [0, 0.05) is 12.1 Å². The quantitative estimate of drug-likeness (QED) is 0.608. The second kappa shape index (κ2) is 9.41. The average molecular weight is 412 g/mol. The Labute approximate surface area is 166 Å². The molecular weight excluding hydrogens is 382 g/mol. The van der Waals surface area contributed by atoms with Gasteiger partial charge in [-0.1, -0.05) is 13.0 Å². The monoisotopic (exact) mass is 411 g/mol. The molecule has 0 aromatic heterocycles. The number of sulfone groups is 1. The molecular formula is C20H29NO6S. The van der Waals surface area contributed by atoms with Crippen LogP contribution in [0.5, 0.6) is 5.75 Å². The van der Waals surface area contributed by atoms with Crippen molar-refractivity contribution in [2.45, 2.75) is 52.6 Å². The average Bonchev–Trinajstić information content (AvgIpc) is 3.00. The molecule has 2 atom stereocenters. The van der Waals surface area contributed by atoms with Gasteiger partial charge in [0.2, 0.25) is 0 Å². The largest absolute Gasteiger partial charge is 0.482 e. The molecule has 0 unspecified atom stereocenters. The van der Waals surface area contributed by atoms with Crippen molar-refractivity contribution in [1.29, 1.82) is 0 Å². The molecule has 1 aliphatic heterocycles. The number of aryl methyl sites for hydroxylation is 2. The summed E-state index contributed by atoms with van der Waals surface area (Å²) >= 11 is 0. The predicted octanol–water partition coefficient (Wildman–Crippen LogP) is 2.04. The first-order valence-corrected chi connectivity index (χ1v) is 11.3. The number of amides is 1. The molecule has 0 bridgehead atoms. The van der Waals surface area contributed by atoms with Gasteiger partial charge in [-0.15, -0.1) is 0 Å². The smallest absolute Gasteiger partial charge is 0.344 e. The molecule has 7 nitrogen and oxygen atoms in total. The van der Waals surface area contributed by atoms with Gasteiger partial charge in [-0.25, -0.2) is 13.2 Å². The number of carbonyl (C=O) groups is 2. The number of benzene rings is 1. The Morgan fingerprint density at radius 3 is 2.50 bits per heavy atom. The zero-order valence-electron chi connectivity index (χ0n) is 16.9. The second-order valence-corrected chi connectivity index (χ2v) is 9.54. The van der Waals surface area contributed by atoms with Gasteiger partial charge in [0.15, 0.2) is 23.1 Å². The van der Waals surface area contributed by atoms with E-state index in [4.69, 9.17) is 9.47 Å². The van der Waals surface area contributed by atoms with E-state index in [2.05, 4.69) is 0 Å². The highest BCUT2D eigenvalue weighted by molar-refractivity contribution is 7.91. The lowest BCUT2D eigenvalue weighted by molar-refractivity contribution is -0.155. The highest BCUT2D eigenvalue weighted by Gasteiger charge is 2.36. The molecule has 1 heterocycles. The standard InChI is InChI=1S/C20H29NO6S/c1-5-16(4)21(17-8-9-28(24,25)13-17)19(22)11-27-20(23)12-26-18-7-6-14(2)15(3)10-18/h6-7,10,16-17H,5,8-9,11-13H2,1-4H3/t16-,17-/m1/s1. The fourth-order valence-corrected chi connectivity index (χ4v) is 4.92. The van der Waals surface area contributed by atoms with E-state index in [0.29, 0.717) is 18.6 Å². The van der Waals surface area contributed by atoms with Crippen LogP contribution in [0.1, 0.15) is 37.8 Å². The lowest BCUT2D eigenvalue weighted by Gasteiger charge is -2.33. The third kappa shape index (κ3) is 5.95. The summed E-state index contributed by atoms with van der Waals surface area (Å²) in [4.78, 5) is 26.1. The molecule has 0 spiro atoms. The number of nitrogens with zero attached hydrogens (tertiary/aromatic N) is 1. The van der Waals surface area contributed by atoms with Crippen LogP contribution in [0, 0.1) is 13.8 Å². The highest BCUT2D eigenvalue weighted by Crippen LogP contribution is 2.21. The summed E-state index contributed by atoms with van der Waals surface area (Å²) in [6, 6.07) is 5.01. The topological polar surface area (TPSA) is 90.0 Å². The number of hydrogen-bond acceptors (Lipinski definition) is 6. The highest BCUT2D eigenvalue weighted by atomic mass is 32.2.